The molecule has 1 saturated carbocycles. The Morgan fingerprint density at radius 2 is 2.06 bits per heavy atom. The fourth-order valence-electron chi connectivity index (χ4n) is 4.96. The molecule has 1 amide bonds. The molecule has 5 heterocycles. The minimum absolute atomic E-state index is 0.0481. The third-order valence-corrected chi connectivity index (χ3v) is 8.79. The van der Waals surface area contributed by atoms with E-state index in [9.17, 15) is 4.79 Å². The molecule has 1 aliphatic carbocycles. The molecule has 9 heteroatoms. The van der Waals surface area contributed by atoms with E-state index in [2.05, 4.69) is 20.9 Å². The molecule has 170 valence electrons. The fourth-order valence-corrected chi connectivity index (χ4v) is 7.27. The van der Waals surface area contributed by atoms with Gasteiger partial charge in [0.25, 0.3) is 0 Å². The minimum Gasteiger partial charge on any atom is -0.330 e. The predicted octanol–water partition coefficient (Wildman–Crippen LogP) is 3.36. The number of pyridine rings is 1. The van der Waals surface area contributed by atoms with Crippen molar-refractivity contribution in [2.45, 2.75) is 38.6 Å². The van der Waals surface area contributed by atoms with Gasteiger partial charge in [0.15, 0.2) is 0 Å². The molecular formula is C23H30N6OS2. The number of hydrogen-bond donors (Lipinski definition) is 4. The highest BCUT2D eigenvalue weighted by Crippen LogP contribution is 2.44. The molecule has 0 bridgehead atoms. The van der Waals surface area contributed by atoms with E-state index in [4.69, 9.17) is 10.7 Å². The zero-order chi connectivity index (χ0) is 21.9. The molecule has 0 radical (unpaired) electrons. The average Bonchev–Trinajstić information content (AvgIpc) is 3.55. The van der Waals surface area contributed by atoms with E-state index >= 15 is 0 Å². The number of hydrogen-bond acceptors (Lipinski definition) is 8. The van der Waals surface area contributed by atoms with Gasteiger partial charge in [-0.3, -0.25) is 9.78 Å². The number of carbonyl (C=O) groups excluding carboxylic acids is 1. The van der Waals surface area contributed by atoms with Gasteiger partial charge in [0.05, 0.1) is 10.9 Å². The summed E-state index contributed by atoms with van der Waals surface area (Å²) in [4.78, 5) is 22.2. The number of nitrogens with two attached hydrogens (primary N) is 1. The van der Waals surface area contributed by atoms with E-state index in [1.807, 2.05) is 6.07 Å². The van der Waals surface area contributed by atoms with Gasteiger partial charge in [0.1, 0.15) is 15.5 Å². The van der Waals surface area contributed by atoms with Gasteiger partial charge in [-0.2, -0.15) is 0 Å². The summed E-state index contributed by atoms with van der Waals surface area (Å²) < 4.78 is 1.10. The largest absolute Gasteiger partial charge is 0.330 e. The highest BCUT2D eigenvalue weighted by atomic mass is 32.1. The average molecular weight is 471 g/mol. The molecule has 1 saturated heterocycles. The summed E-state index contributed by atoms with van der Waals surface area (Å²) in [6, 6.07) is 1.98. The van der Waals surface area contributed by atoms with Gasteiger partial charge in [-0.05, 0) is 62.4 Å². The first kappa shape index (κ1) is 21.9. The van der Waals surface area contributed by atoms with Gasteiger partial charge in [-0.15, -0.1) is 22.7 Å². The lowest BCUT2D eigenvalue weighted by molar-refractivity contribution is -0.116. The SMILES string of the molecule is C1CC2CNCC2C1.NCCC(=O)Nc1sc2c(c1-c1nc3cnccc3s1)CCNC2. The number of anilines is 1. The van der Waals surface area contributed by atoms with Gasteiger partial charge >= 0.3 is 0 Å². The van der Waals surface area contributed by atoms with E-state index in [1.165, 1.54) is 42.8 Å². The van der Waals surface area contributed by atoms with Crippen molar-refractivity contribution in [1.29, 1.82) is 0 Å². The van der Waals surface area contributed by atoms with Crippen molar-refractivity contribution in [3.63, 3.8) is 0 Å². The minimum atomic E-state index is -0.0481. The molecule has 2 aliphatic heterocycles. The summed E-state index contributed by atoms with van der Waals surface area (Å²) in [7, 11) is 0. The van der Waals surface area contributed by atoms with Crippen LogP contribution in [0.3, 0.4) is 0 Å². The van der Waals surface area contributed by atoms with E-state index in [-0.39, 0.29) is 5.91 Å². The maximum Gasteiger partial charge on any atom is 0.226 e. The third kappa shape index (κ3) is 4.58. The lowest BCUT2D eigenvalue weighted by Gasteiger charge is -2.13. The van der Waals surface area contributed by atoms with Crippen molar-refractivity contribution >= 4 is 43.8 Å². The number of nitrogens with one attached hydrogen (secondary N) is 3. The second kappa shape index (κ2) is 9.93. The second-order valence-electron chi connectivity index (χ2n) is 8.69. The number of carbonyl (C=O) groups is 1. The Balaban J connectivity index is 0.000000225. The zero-order valence-electron chi connectivity index (χ0n) is 18.2. The molecule has 0 spiro atoms. The number of aromatic nitrogens is 2. The Morgan fingerprint density at radius 1 is 1.22 bits per heavy atom. The van der Waals surface area contributed by atoms with Gasteiger partial charge < -0.3 is 21.7 Å². The van der Waals surface area contributed by atoms with Crippen LogP contribution in [0, 0.1) is 11.8 Å². The summed E-state index contributed by atoms with van der Waals surface area (Å²) >= 11 is 3.28. The molecule has 32 heavy (non-hydrogen) atoms. The van der Waals surface area contributed by atoms with Crippen LogP contribution >= 0.6 is 22.7 Å². The first-order valence-corrected chi connectivity index (χ1v) is 13.1. The van der Waals surface area contributed by atoms with Gasteiger partial charge in [-0.25, -0.2) is 4.98 Å². The van der Waals surface area contributed by atoms with Crippen LogP contribution < -0.4 is 21.7 Å². The number of thiazole rings is 1. The monoisotopic (exact) mass is 470 g/mol. The van der Waals surface area contributed by atoms with Crippen LogP contribution in [0.25, 0.3) is 20.8 Å². The Hall–Kier alpha value is -1.91. The van der Waals surface area contributed by atoms with E-state index in [0.29, 0.717) is 13.0 Å². The highest BCUT2D eigenvalue weighted by molar-refractivity contribution is 7.22. The molecule has 3 aromatic heterocycles. The van der Waals surface area contributed by atoms with Crippen LogP contribution in [0.15, 0.2) is 18.5 Å². The van der Waals surface area contributed by atoms with Crippen molar-refractivity contribution in [3.05, 3.63) is 28.9 Å². The van der Waals surface area contributed by atoms with Gasteiger partial charge in [-0.1, -0.05) is 6.42 Å². The number of fused-ring (bicyclic) bond motifs is 3. The molecule has 2 unspecified atom stereocenters. The fraction of sp³-hybridized carbons (Fsp3) is 0.522. The number of nitrogens with zero attached hydrogens (tertiary/aromatic N) is 2. The van der Waals surface area contributed by atoms with Crippen LogP contribution in [0.5, 0.6) is 0 Å². The first-order valence-electron chi connectivity index (χ1n) is 11.5. The third-order valence-electron chi connectivity index (χ3n) is 6.59. The first-order chi connectivity index (χ1) is 15.7. The van der Waals surface area contributed by atoms with E-state index in [1.54, 1.807) is 35.1 Å². The lowest BCUT2D eigenvalue weighted by Crippen LogP contribution is -2.22. The molecule has 5 N–H and O–H groups in total. The number of rotatable bonds is 4. The van der Waals surface area contributed by atoms with Crippen LogP contribution in [0.4, 0.5) is 5.00 Å². The van der Waals surface area contributed by atoms with Crippen LogP contribution in [-0.2, 0) is 17.8 Å². The molecule has 2 atom stereocenters. The maximum absolute atomic E-state index is 12.1. The number of thiophene rings is 1. The van der Waals surface area contributed by atoms with Crippen molar-refractivity contribution in [3.8, 4) is 10.6 Å². The summed E-state index contributed by atoms with van der Waals surface area (Å²) in [6.07, 6.45) is 9.32. The summed E-state index contributed by atoms with van der Waals surface area (Å²) in [5.74, 6) is 2.08. The van der Waals surface area contributed by atoms with Crippen LogP contribution in [0.2, 0.25) is 0 Å². The van der Waals surface area contributed by atoms with Crippen molar-refractivity contribution < 1.29 is 4.79 Å². The highest BCUT2D eigenvalue weighted by Gasteiger charge is 2.30. The zero-order valence-corrected chi connectivity index (χ0v) is 19.8. The normalized spacial score (nSPS) is 21.7. The van der Waals surface area contributed by atoms with Crippen molar-refractivity contribution in [1.82, 2.24) is 20.6 Å². The van der Waals surface area contributed by atoms with Gasteiger partial charge in [0, 0.05) is 36.1 Å². The Kier molecular flexibility index (Phi) is 6.80. The maximum atomic E-state index is 12.1. The van der Waals surface area contributed by atoms with Crippen molar-refractivity contribution in [2.75, 3.05) is 31.5 Å². The summed E-state index contributed by atoms with van der Waals surface area (Å²) in [5.41, 5.74) is 8.76. The molecular weight excluding hydrogens is 440 g/mol. The summed E-state index contributed by atoms with van der Waals surface area (Å²) in [5, 5.41) is 11.7. The van der Waals surface area contributed by atoms with Crippen LogP contribution in [0.1, 0.15) is 36.1 Å². The molecule has 6 rings (SSSR count). The number of amides is 1. The second-order valence-corrected chi connectivity index (χ2v) is 10.8. The molecule has 2 fully saturated rings. The van der Waals surface area contributed by atoms with E-state index in [0.717, 1.165) is 57.1 Å². The lowest BCUT2D eigenvalue weighted by atomic mass is 10.0. The quantitative estimate of drug-likeness (QED) is 0.466. The topological polar surface area (TPSA) is 105 Å². The predicted molar refractivity (Wildman–Crippen MR) is 132 cm³/mol. The summed E-state index contributed by atoms with van der Waals surface area (Å²) in [6.45, 7) is 4.75. The Morgan fingerprint density at radius 3 is 2.84 bits per heavy atom. The molecule has 7 nitrogen and oxygen atoms in total. The molecule has 0 aromatic carbocycles. The Labute approximate surface area is 196 Å². The van der Waals surface area contributed by atoms with Crippen molar-refractivity contribution in [2.24, 2.45) is 17.6 Å². The smallest absolute Gasteiger partial charge is 0.226 e. The molecule has 3 aromatic rings. The van der Waals surface area contributed by atoms with Gasteiger partial charge in [0.2, 0.25) is 5.91 Å². The standard InChI is InChI=1S/C16H17N5OS2.C7H13N/c17-4-1-13(22)21-16-14(9-2-5-19-8-12(9)24-16)15-20-10-7-18-6-3-11(10)23-15;1-2-6-4-8-5-7(6)3-1/h3,6-7,19H,1-2,4-5,8,17H2,(H,21,22);6-8H,1-5H2. The van der Waals surface area contributed by atoms with E-state index < -0.39 is 0 Å². The van der Waals surface area contributed by atoms with Crippen LogP contribution in [-0.4, -0.2) is 42.1 Å². The molecule has 3 aliphatic rings. The Bertz CT molecular complexity index is 1040.